The topological polar surface area (TPSA) is 26.3 Å². The van der Waals surface area contributed by atoms with E-state index in [0.29, 0.717) is 5.92 Å². The van der Waals surface area contributed by atoms with Crippen LogP contribution in [0.25, 0.3) is 0 Å². The van der Waals surface area contributed by atoms with Crippen LogP contribution >= 0.6 is 0 Å². The van der Waals surface area contributed by atoms with Crippen molar-refractivity contribution in [3.05, 3.63) is 11.8 Å². The van der Waals surface area contributed by atoms with Crippen LogP contribution in [-0.4, -0.2) is 22.3 Å². The van der Waals surface area contributed by atoms with Crippen LogP contribution in [-0.2, 0) is 15.5 Å². The first-order valence-corrected chi connectivity index (χ1v) is 6.77. The maximum atomic E-state index is 11.1. The molecule has 0 aromatic carbocycles. The highest BCUT2D eigenvalue weighted by molar-refractivity contribution is 7.85. The minimum atomic E-state index is -0.520. The molecule has 1 aliphatic heterocycles. The molecule has 0 bridgehead atoms. The molecule has 1 rings (SSSR count). The largest absolute Gasteiger partial charge is 0.501 e. The van der Waals surface area contributed by atoms with E-state index in [-0.39, 0.29) is 0 Å². The van der Waals surface area contributed by atoms with Crippen LogP contribution in [0.3, 0.4) is 0 Å². The van der Waals surface area contributed by atoms with Gasteiger partial charge in [-0.3, -0.25) is 4.21 Å². The Balaban J connectivity index is 1.99. The van der Waals surface area contributed by atoms with Crippen molar-refractivity contribution in [2.24, 2.45) is 5.92 Å². The molecule has 1 fully saturated rings. The number of hydrogen-bond acceptors (Lipinski definition) is 2. The lowest BCUT2D eigenvalue weighted by Crippen LogP contribution is -2.01. The number of ether oxygens (including phenoxy) is 1. The summed E-state index contributed by atoms with van der Waals surface area (Å²) in [5.41, 5.74) is 1.20. The van der Waals surface area contributed by atoms with Crippen molar-refractivity contribution in [3.63, 3.8) is 0 Å². The second-order valence-electron chi connectivity index (χ2n) is 4.17. The lowest BCUT2D eigenvalue weighted by molar-refractivity contribution is 0.232. The minimum Gasteiger partial charge on any atom is -0.501 e. The monoisotopic (exact) mass is 216 g/mol. The molecule has 82 valence electrons. The molecule has 2 nitrogen and oxygen atoms in total. The molecular formula is C11H20O2S. The SMILES string of the molecule is CC(C)=COCCCC1CCS(=O)C1. The average Bonchev–Trinajstić information content (AvgIpc) is 2.50. The smallest absolute Gasteiger partial charge is 0.0873 e. The molecule has 0 saturated carbocycles. The van der Waals surface area contributed by atoms with E-state index in [2.05, 4.69) is 0 Å². The first kappa shape index (κ1) is 11.8. The number of hydrogen-bond donors (Lipinski definition) is 0. The second-order valence-corrected chi connectivity index (χ2v) is 5.79. The molecule has 1 aliphatic rings. The van der Waals surface area contributed by atoms with Gasteiger partial charge in [0.25, 0.3) is 0 Å². The molecule has 0 amide bonds. The predicted octanol–water partition coefficient (Wildman–Crippen LogP) is 2.48. The Morgan fingerprint density at radius 1 is 1.57 bits per heavy atom. The van der Waals surface area contributed by atoms with Crippen molar-refractivity contribution >= 4 is 10.8 Å². The second kappa shape index (κ2) is 6.23. The van der Waals surface area contributed by atoms with Crippen molar-refractivity contribution in [2.75, 3.05) is 18.1 Å². The number of allylic oxidation sites excluding steroid dienone is 1. The molecule has 14 heavy (non-hydrogen) atoms. The van der Waals surface area contributed by atoms with Gasteiger partial charge in [-0.05, 0) is 44.6 Å². The molecule has 0 aliphatic carbocycles. The van der Waals surface area contributed by atoms with Gasteiger partial charge in [0.15, 0.2) is 0 Å². The molecule has 0 N–H and O–H groups in total. The number of rotatable bonds is 5. The van der Waals surface area contributed by atoms with E-state index in [1.807, 2.05) is 20.1 Å². The van der Waals surface area contributed by atoms with Gasteiger partial charge in [-0.25, -0.2) is 0 Å². The van der Waals surface area contributed by atoms with Gasteiger partial charge in [0.2, 0.25) is 0 Å². The first-order chi connectivity index (χ1) is 6.68. The van der Waals surface area contributed by atoms with Crippen LogP contribution in [0.1, 0.15) is 33.1 Å². The van der Waals surface area contributed by atoms with Crippen molar-refractivity contribution < 1.29 is 8.95 Å². The average molecular weight is 216 g/mol. The lowest BCUT2D eigenvalue weighted by Gasteiger charge is -2.06. The van der Waals surface area contributed by atoms with E-state index in [1.54, 1.807) is 0 Å². The summed E-state index contributed by atoms with van der Waals surface area (Å²) in [5, 5.41) is 0. The van der Waals surface area contributed by atoms with Crippen LogP contribution in [0.5, 0.6) is 0 Å². The summed E-state index contributed by atoms with van der Waals surface area (Å²) >= 11 is 0. The maximum absolute atomic E-state index is 11.1. The van der Waals surface area contributed by atoms with Gasteiger partial charge in [0.05, 0.1) is 12.9 Å². The summed E-state index contributed by atoms with van der Waals surface area (Å²) in [5.74, 6) is 2.52. The Bertz CT molecular complexity index is 219. The third kappa shape index (κ3) is 4.80. The van der Waals surface area contributed by atoms with Crippen molar-refractivity contribution in [1.29, 1.82) is 0 Å². The van der Waals surface area contributed by atoms with Gasteiger partial charge in [-0.1, -0.05) is 0 Å². The first-order valence-electron chi connectivity index (χ1n) is 5.28. The van der Waals surface area contributed by atoms with Crippen molar-refractivity contribution in [1.82, 2.24) is 0 Å². The molecule has 1 saturated heterocycles. The van der Waals surface area contributed by atoms with Crippen LogP contribution in [0.4, 0.5) is 0 Å². The van der Waals surface area contributed by atoms with Gasteiger partial charge in [0.1, 0.15) is 0 Å². The summed E-state index contributed by atoms with van der Waals surface area (Å²) in [6, 6.07) is 0. The highest BCUT2D eigenvalue weighted by Gasteiger charge is 2.20. The summed E-state index contributed by atoms with van der Waals surface area (Å²) in [7, 11) is -0.520. The van der Waals surface area contributed by atoms with E-state index < -0.39 is 10.8 Å². The van der Waals surface area contributed by atoms with E-state index in [1.165, 1.54) is 12.0 Å². The summed E-state index contributed by atoms with van der Waals surface area (Å²) in [6.07, 6.45) is 5.22. The van der Waals surface area contributed by atoms with E-state index in [0.717, 1.165) is 31.0 Å². The molecule has 3 heteroatoms. The normalized spacial score (nSPS) is 26.1. The Labute approximate surface area is 89.2 Å². The van der Waals surface area contributed by atoms with E-state index in [4.69, 9.17) is 4.74 Å². The van der Waals surface area contributed by atoms with Gasteiger partial charge < -0.3 is 4.74 Å². The minimum absolute atomic E-state index is 0.520. The molecular weight excluding hydrogens is 196 g/mol. The zero-order valence-corrected chi connectivity index (χ0v) is 9.94. The molecule has 0 aromatic heterocycles. The van der Waals surface area contributed by atoms with Crippen LogP contribution in [0.15, 0.2) is 11.8 Å². The third-order valence-electron chi connectivity index (χ3n) is 2.37. The van der Waals surface area contributed by atoms with Crippen LogP contribution in [0.2, 0.25) is 0 Å². The Kier molecular flexibility index (Phi) is 5.23. The summed E-state index contributed by atoms with van der Waals surface area (Å²) in [4.78, 5) is 0. The van der Waals surface area contributed by atoms with Gasteiger partial charge in [-0.15, -0.1) is 0 Å². The van der Waals surface area contributed by atoms with E-state index in [9.17, 15) is 4.21 Å². The highest BCUT2D eigenvalue weighted by atomic mass is 32.2. The highest BCUT2D eigenvalue weighted by Crippen LogP contribution is 2.20. The lowest BCUT2D eigenvalue weighted by atomic mass is 10.0. The summed E-state index contributed by atoms with van der Waals surface area (Å²) < 4.78 is 16.4. The fraction of sp³-hybridized carbons (Fsp3) is 0.818. The molecule has 0 aromatic rings. The fourth-order valence-electron chi connectivity index (χ4n) is 1.64. The van der Waals surface area contributed by atoms with Crippen molar-refractivity contribution in [3.8, 4) is 0 Å². The van der Waals surface area contributed by atoms with Crippen LogP contribution in [0, 0.1) is 5.92 Å². The zero-order chi connectivity index (χ0) is 10.4. The van der Waals surface area contributed by atoms with Crippen LogP contribution < -0.4 is 0 Å². The quantitative estimate of drug-likeness (QED) is 0.521. The summed E-state index contributed by atoms with van der Waals surface area (Å²) in [6.45, 7) is 4.86. The fourth-order valence-corrected chi connectivity index (χ4v) is 3.26. The third-order valence-corrected chi connectivity index (χ3v) is 3.90. The van der Waals surface area contributed by atoms with E-state index >= 15 is 0 Å². The van der Waals surface area contributed by atoms with Gasteiger partial charge in [0, 0.05) is 22.3 Å². The molecule has 2 atom stereocenters. The Morgan fingerprint density at radius 2 is 2.36 bits per heavy atom. The van der Waals surface area contributed by atoms with Gasteiger partial charge >= 0.3 is 0 Å². The van der Waals surface area contributed by atoms with Crippen molar-refractivity contribution in [2.45, 2.75) is 33.1 Å². The Morgan fingerprint density at radius 3 is 2.93 bits per heavy atom. The molecule has 0 spiro atoms. The maximum Gasteiger partial charge on any atom is 0.0873 e. The zero-order valence-electron chi connectivity index (χ0n) is 9.12. The Hall–Kier alpha value is -0.310. The predicted molar refractivity (Wildman–Crippen MR) is 60.6 cm³/mol. The van der Waals surface area contributed by atoms with Gasteiger partial charge in [-0.2, -0.15) is 0 Å². The molecule has 1 heterocycles. The molecule has 2 unspecified atom stereocenters. The molecule has 0 radical (unpaired) electrons. The standard InChI is InChI=1S/C11H20O2S/c1-10(2)8-13-6-3-4-11-5-7-14(12)9-11/h8,11H,3-7,9H2,1-2H3.